The lowest BCUT2D eigenvalue weighted by Crippen LogP contribution is -2.24. The zero-order valence-electron chi connectivity index (χ0n) is 14.0. The van der Waals surface area contributed by atoms with Crippen LogP contribution >= 0.6 is 0 Å². The van der Waals surface area contributed by atoms with Crippen molar-refractivity contribution in [1.82, 2.24) is 4.40 Å². The molecule has 6 heteroatoms. The second-order valence-corrected chi connectivity index (χ2v) is 5.99. The quantitative estimate of drug-likeness (QED) is 0.810. The maximum absolute atomic E-state index is 12.4. The molecule has 0 saturated heterocycles. The SMILES string of the molecule is CCOC(=O)c1cc(C(=O)OC(C)(C)C)n2cc(OC)ccc12. The van der Waals surface area contributed by atoms with Gasteiger partial charge in [0.25, 0.3) is 0 Å². The van der Waals surface area contributed by atoms with Crippen LogP contribution in [0.1, 0.15) is 48.5 Å². The summed E-state index contributed by atoms with van der Waals surface area (Å²) in [6, 6.07) is 4.91. The number of aromatic nitrogens is 1. The van der Waals surface area contributed by atoms with Gasteiger partial charge in [0.15, 0.2) is 0 Å². The maximum atomic E-state index is 12.4. The largest absolute Gasteiger partial charge is 0.495 e. The molecule has 2 aromatic heterocycles. The molecule has 0 amide bonds. The van der Waals surface area contributed by atoms with Gasteiger partial charge in [-0.3, -0.25) is 0 Å². The molecule has 0 atom stereocenters. The molecule has 0 aromatic carbocycles. The second kappa shape index (κ2) is 6.32. The normalized spacial score (nSPS) is 11.3. The van der Waals surface area contributed by atoms with E-state index in [1.807, 2.05) is 0 Å². The summed E-state index contributed by atoms with van der Waals surface area (Å²) in [7, 11) is 1.53. The van der Waals surface area contributed by atoms with Gasteiger partial charge in [-0.05, 0) is 45.9 Å². The van der Waals surface area contributed by atoms with Crippen molar-refractivity contribution in [2.24, 2.45) is 0 Å². The number of nitrogens with zero attached hydrogens (tertiary/aromatic N) is 1. The number of methoxy groups -OCH3 is 1. The highest BCUT2D eigenvalue weighted by atomic mass is 16.6. The summed E-state index contributed by atoms with van der Waals surface area (Å²) < 4.78 is 17.2. The highest BCUT2D eigenvalue weighted by molar-refractivity contribution is 6.02. The van der Waals surface area contributed by atoms with Crippen LogP contribution in [0, 0.1) is 0 Å². The van der Waals surface area contributed by atoms with E-state index in [0.717, 1.165) is 0 Å². The van der Waals surface area contributed by atoms with Crippen LogP contribution in [0.15, 0.2) is 24.4 Å². The van der Waals surface area contributed by atoms with E-state index in [-0.39, 0.29) is 12.3 Å². The Morgan fingerprint density at radius 1 is 1.17 bits per heavy atom. The molecule has 2 aromatic rings. The molecule has 0 spiro atoms. The number of hydrogen-bond acceptors (Lipinski definition) is 5. The summed E-state index contributed by atoms with van der Waals surface area (Å²) in [5.41, 5.74) is 0.488. The first-order chi connectivity index (χ1) is 10.8. The molecule has 0 aliphatic rings. The number of rotatable bonds is 4. The van der Waals surface area contributed by atoms with Crippen molar-refractivity contribution in [1.29, 1.82) is 0 Å². The lowest BCUT2D eigenvalue weighted by Gasteiger charge is -2.19. The van der Waals surface area contributed by atoms with Gasteiger partial charge in [0.1, 0.15) is 17.0 Å². The third-order valence-corrected chi connectivity index (χ3v) is 3.08. The number of hydrogen-bond donors (Lipinski definition) is 0. The van der Waals surface area contributed by atoms with E-state index >= 15 is 0 Å². The third-order valence-electron chi connectivity index (χ3n) is 3.08. The zero-order chi connectivity index (χ0) is 17.2. The number of esters is 2. The van der Waals surface area contributed by atoms with Gasteiger partial charge in [-0.2, -0.15) is 0 Å². The van der Waals surface area contributed by atoms with Gasteiger partial charge in [0.05, 0.1) is 31.0 Å². The summed E-state index contributed by atoms with van der Waals surface area (Å²) in [4.78, 5) is 24.5. The minimum absolute atomic E-state index is 0.247. The second-order valence-electron chi connectivity index (χ2n) is 5.99. The molecule has 6 nitrogen and oxygen atoms in total. The minimum atomic E-state index is -0.635. The summed E-state index contributed by atoms with van der Waals surface area (Å²) in [6.07, 6.45) is 1.64. The predicted molar refractivity (Wildman–Crippen MR) is 85.1 cm³/mol. The van der Waals surface area contributed by atoms with Gasteiger partial charge in [-0.25, -0.2) is 9.59 Å². The molecule has 23 heavy (non-hydrogen) atoms. The molecular weight excluding hydrogens is 298 g/mol. The summed E-state index contributed by atoms with van der Waals surface area (Å²) in [5.74, 6) is -0.436. The highest BCUT2D eigenvalue weighted by Gasteiger charge is 2.25. The van der Waals surface area contributed by atoms with Crippen LogP contribution in [-0.4, -0.2) is 35.7 Å². The van der Waals surface area contributed by atoms with Gasteiger partial charge < -0.3 is 18.6 Å². The van der Waals surface area contributed by atoms with Crippen LogP contribution in [0.2, 0.25) is 0 Å². The van der Waals surface area contributed by atoms with Crippen molar-refractivity contribution in [2.75, 3.05) is 13.7 Å². The number of pyridine rings is 1. The monoisotopic (exact) mass is 319 g/mol. The Bertz CT molecular complexity index is 739. The molecule has 0 aliphatic heterocycles. The number of carbonyl (C=O) groups excluding carboxylic acids is 2. The van der Waals surface area contributed by atoms with Gasteiger partial charge in [-0.15, -0.1) is 0 Å². The Morgan fingerprint density at radius 2 is 1.87 bits per heavy atom. The van der Waals surface area contributed by atoms with E-state index in [0.29, 0.717) is 16.8 Å². The summed E-state index contributed by atoms with van der Waals surface area (Å²) >= 11 is 0. The van der Waals surface area contributed by atoms with Crippen LogP contribution in [0.25, 0.3) is 5.52 Å². The van der Waals surface area contributed by atoms with E-state index < -0.39 is 17.5 Å². The molecule has 0 N–H and O–H groups in total. The Kier molecular flexibility index (Phi) is 4.63. The fraction of sp³-hybridized carbons (Fsp3) is 0.412. The zero-order valence-corrected chi connectivity index (χ0v) is 14.0. The van der Waals surface area contributed by atoms with Crippen molar-refractivity contribution >= 4 is 17.5 Å². The van der Waals surface area contributed by atoms with Gasteiger partial charge in [0.2, 0.25) is 0 Å². The molecular formula is C17H21NO5. The van der Waals surface area contributed by atoms with Crippen LogP contribution in [0.3, 0.4) is 0 Å². The molecule has 0 saturated carbocycles. The predicted octanol–water partition coefficient (Wildman–Crippen LogP) is 3.08. The lowest BCUT2D eigenvalue weighted by molar-refractivity contribution is 0.00618. The van der Waals surface area contributed by atoms with Crippen LogP contribution in [-0.2, 0) is 9.47 Å². The number of fused-ring (bicyclic) bond motifs is 1. The smallest absolute Gasteiger partial charge is 0.355 e. The Labute approximate surface area is 134 Å². The van der Waals surface area contributed by atoms with Crippen LogP contribution in [0.4, 0.5) is 0 Å². The lowest BCUT2D eigenvalue weighted by atomic mass is 10.2. The molecule has 0 aliphatic carbocycles. The molecule has 0 unspecified atom stereocenters. The van der Waals surface area contributed by atoms with Crippen molar-refractivity contribution in [3.63, 3.8) is 0 Å². The molecule has 2 rings (SSSR count). The number of carbonyl (C=O) groups is 2. The first-order valence-electron chi connectivity index (χ1n) is 7.36. The van der Waals surface area contributed by atoms with Gasteiger partial charge in [-0.1, -0.05) is 0 Å². The molecule has 124 valence electrons. The van der Waals surface area contributed by atoms with Crippen LogP contribution < -0.4 is 4.74 Å². The minimum Gasteiger partial charge on any atom is -0.495 e. The molecule has 2 heterocycles. The topological polar surface area (TPSA) is 66.2 Å². The Balaban J connectivity index is 2.58. The third kappa shape index (κ3) is 3.64. The Morgan fingerprint density at radius 3 is 2.43 bits per heavy atom. The van der Waals surface area contributed by atoms with Crippen molar-refractivity contribution in [2.45, 2.75) is 33.3 Å². The first kappa shape index (κ1) is 16.9. The fourth-order valence-corrected chi connectivity index (χ4v) is 2.16. The summed E-state index contributed by atoms with van der Waals surface area (Å²) in [5, 5.41) is 0. The van der Waals surface area contributed by atoms with E-state index in [1.54, 1.807) is 50.4 Å². The maximum Gasteiger partial charge on any atom is 0.355 e. The van der Waals surface area contributed by atoms with Gasteiger partial charge >= 0.3 is 11.9 Å². The van der Waals surface area contributed by atoms with Crippen molar-refractivity contribution in [3.8, 4) is 5.75 Å². The molecule has 0 radical (unpaired) electrons. The molecule has 0 bridgehead atoms. The average Bonchev–Trinajstić information content (AvgIpc) is 2.84. The standard InChI is InChI=1S/C17H21NO5/c1-6-22-15(19)12-9-14(16(20)23-17(2,3)4)18-10-11(21-5)7-8-13(12)18/h7-10H,6H2,1-5H3. The fourth-order valence-electron chi connectivity index (χ4n) is 2.16. The van der Waals surface area contributed by atoms with E-state index in [2.05, 4.69) is 0 Å². The number of ether oxygens (including phenoxy) is 3. The van der Waals surface area contributed by atoms with Crippen LogP contribution in [0.5, 0.6) is 5.75 Å². The Hall–Kier alpha value is -2.50. The molecule has 0 fully saturated rings. The van der Waals surface area contributed by atoms with Crippen molar-refractivity contribution < 1.29 is 23.8 Å². The van der Waals surface area contributed by atoms with E-state index in [9.17, 15) is 9.59 Å². The van der Waals surface area contributed by atoms with E-state index in [4.69, 9.17) is 14.2 Å². The first-order valence-corrected chi connectivity index (χ1v) is 7.36. The average molecular weight is 319 g/mol. The van der Waals surface area contributed by atoms with Crippen molar-refractivity contribution in [3.05, 3.63) is 35.7 Å². The van der Waals surface area contributed by atoms with Gasteiger partial charge in [0, 0.05) is 0 Å². The summed E-state index contributed by atoms with van der Waals surface area (Å²) in [6.45, 7) is 7.34. The van der Waals surface area contributed by atoms with E-state index in [1.165, 1.54) is 13.2 Å². The highest BCUT2D eigenvalue weighted by Crippen LogP contribution is 2.24.